The summed E-state index contributed by atoms with van der Waals surface area (Å²) in [4.78, 5) is 11.8. The quantitative estimate of drug-likeness (QED) is 0.821. The third-order valence-electron chi connectivity index (χ3n) is 2.62. The molecular formula is C15H11Cl2FO2. The van der Waals surface area contributed by atoms with E-state index >= 15 is 0 Å². The van der Waals surface area contributed by atoms with Crippen LogP contribution >= 0.6 is 23.2 Å². The second-order valence-electron chi connectivity index (χ2n) is 4.17. The Labute approximate surface area is 126 Å². The van der Waals surface area contributed by atoms with E-state index in [0.29, 0.717) is 16.3 Å². The van der Waals surface area contributed by atoms with Crippen LogP contribution in [0.4, 0.5) is 4.39 Å². The molecule has 20 heavy (non-hydrogen) atoms. The van der Waals surface area contributed by atoms with Crippen LogP contribution in [-0.2, 0) is 11.2 Å². The molecule has 5 heteroatoms. The van der Waals surface area contributed by atoms with Crippen molar-refractivity contribution in [2.45, 2.75) is 6.42 Å². The first-order valence-corrected chi connectivity index (χ1v) is 6.65. The molecule has 2 aromatic rings. The normalized spacial score (nSPS) is 10.3. The number of halogens is 3. The van der Waals surface area contributed by atoms with Gasteiger partial charge in [-0.05, 0) is 29.8 Å². The maximum Gasteiger partial charge on any atom is 0.174 e. The van der Waals surface area contributed by atoms with Crippen LogP contribution in [0.3, 0.4) is 0 Å². The van der Waals surface area contributed by atoms with E-state index in [9.17, 15) is 9.18 Å². The Morgan fingerprint density at radius 3 is 2.65 bits per heavy atom. The maximum absolute atomic E-state index is 13.2. The molecule has 0 aliphatic heterocycles. The molecule has 0 N–H and O–H groups in total. The van der Waals surface area contributed by atoms with Crippen molar-refractivity contribution in [1.82, 2.24) is 0 Å². The lowest BCUT2D eigenvalue weighted by Crippen LogP contribution is -2.14. The fourth-order valence-electron chi connectivity index (χ4n) is 1.67. The van der Waals surface area contributed by atoms with Crippen molar-refractivity contribution in [2.75, 3.05) is 6.61 Å². The highest BCUT2D eigenvalue weighted by atomic mass is 35.5. The van der Waals surface area contributed by atoms with E-state index in [0.717, 1.165) is 0 Å². The van der Waals surface area contributed by atoms with Crippen LogP contribution in [-0.4, -0.2) is 12.4 Å². The van der Waals surface area contributed by atoms with Gasteiger partial charge in [0.25, 0.3) is 0 Å². The van der Waals surface area contributed by atoms with Gasteiger partial charge in [-0.1, -0.05) is 41.4 Å². The largest absolute Gasteiger partial charge is 0.486 e. The number of ketones is 1. The molecule has 0 saturated heterocycles. The molecule has 0 fully saturated rings. The van der Waals surface area contributed by atoms with Gasteiger partial charge in [0.2, 0.25) is 0 Å². The van der Waals surface area contributed by atoms with E-state index in [1.807, 2.05) is 0 Å². The van der Waals surface area contributed by atoms with Gasteiger partial charge in [0.05, 0.1) is 5.02 Å². The zero-order valence-corrected chi connectivity index (χ0v) is 11.9. The highest BCUT2D eigenvalue weighted by Gasteiger charge is 2.11. The summed E-state index contributed by atoms with van der Waals surface area (Å²) in [6, 6.07) is 11.1. The van der Waals surface area contributed by atoms with Gasteiger partial charge in [0, 0.05) is 11.4 Å². The van der Waals surface area contributed by atoms with Gasteiger partial charge < -0.3 is 4.74 Å². The van der Waals surface area contributed by atoms with Crippen LogP contribution < -0.4 is 4.74 Å². The van der Waals surface area contributed by atoms with E-state index in [1.54, 1.807) is 30.3 Å². The molecule has 0 atom stereocenters. The zero-order valence-electron chi connectivity index (χ0n) is 10.4. The number of benzene rings is 2. The Kier molecular flexibility index (Phi) is 4.99. The van der Waals surface area contributed by atoms with E-state index in [2.05, 4.69) is 0 Å². The first-order chi connectivity index (χ1) is 9.56. The number of rotatable bonds is 5. The Morgan fingerprint density at radius 1 is 1.15 bits per heavy atom. The number of hydrogen-bond donors (Lipinski definition) is 0. The molecule has 0 aliphatic carbocycles. The summed E-state index contributed by atoms with van der Waals surface area (Å²) in [6.07, 6.45) is 0.0250. The van der Waals surface area contributed by atoms with Gasteiger partial charge in [-0.3, -0.25) is 4.79 Å². The third-order valence-corrected chi connectivity index (χ3v) is 3.27. The van der Waals surface area contributed by atoms with E-state index < -0.39 is 5.82 Å². The molecule has 0 aromatic heterocycles. The molecule has 0 radical (unpaired) electrons. The average molecular weight is 313 g/mol. The third kappa shape index (κ3) is 3.95. The molecule has 0 saturated carbocycles. The summed E-state index contributed by atoms with van der Waals surface area (Å²) in [6.45, 7) is -0.118. The van der Waals surface area contributed by atoms with Crippen molar-refractivity contribution < 1.29 is 13.9 Å². The number of carbonyl (C=O) groups excluding carboxylic acids is 1. The minimum atomic E-state index is -0.535. The Hall–Kier alpha value is -1.58. The van der Waals surface area contributed by atoms with E-state index in [4.69, 9.17) is 27.9 Å². The summed E-state index contributed by atoms with van der Waals surface area (Å²) in [5.41, 5.74) is 0.450. The number of carbonyl (C=O) groups is 1. The fraction of sp³-hybridized carbons (Fsp3) is 0.133. The van der Waals surface area contributed by atoms with Crippen LogP contribution in [0.1, 0.15) is 5.56 Å². The molecular weight excluding hydrogens is 302 g/mol. The highest BCUT2D eigenvalue weighted by Crippen LogP contribution is 2.21. The predicted molar refractivity (Wildman–Crippen MR) is 77.1 cm³/mol. The lowest BCUT2D eigenvalue weighted by atomic mass is 10.1. The van der Waals surface area contributed by atoms with Gasteiger partial charge in [-0.2, -0.15) is 0 Å². The predicted octanol–water partition coefficient (Wildman–Crippen LogP) is 4.32. The summed E-state index contributed by atoms with van der Waals surface area (Å²) in [5, 5.41) is 0.506. The Bertz CT molecular complexity index is 629. The molecule has 0 spiro atoms. The summed E-state index contributed by atoms with van der Waals surface area (Å²) in [7, 11) is 0. The molecule has 0 unspecified atom stereocenters. The van der Waals surface area contributed by atoms with Gasteiger partial charge in [0.1, 0.15) is 18.2 Å². The standard InChI is InChI=1S/C15H11Cl2FO2/c16-11-4-2-5-13(8-11)20-9-12(19)7-10-3-1-6-14(18)15(10)17/h1-6,8H,7,9H2. The van der Waals surface area contributed by atoms with Crippen LogP contribution in [0.25, 0.3) is 0 Å². The van der Waals surface area contributed by atoms with Crippen molar-refractivity contribution in [2.24, 2.45) is 0 Å². The molecule has 104 valence electrons. The first-order valence-electron chi connectivity index (χ1n) is 5.89. The van der Waals surface area contributed by atoms with Gasteiger partial charge in [-0.25, -0.2) is 4.39 Å². The minimum Gasteiger partial charge on any atom is -0.486 e. The van der Waals surface area contributed by atoms with Crippen LogP contribution in [0.2, 0.25) is 10.0 Å². The molecule has 0 bridgehead atoms. The summed E-state index contributed by atoms with van der Waals surface area (Å²) >= 11 is 11.6. The minimum absolute atomic E-state index is 0.0244. The monoisotopic (exact) mass is 312 g/mol. The molecule has 0 amide bonds. The first kappa shape index (κ1) is 14.8. The van der Waals surface area contributed by atoms with Crippen molar-refractivity contribution in [3.05, 3.63) is 63.9 Å². The van der Waals surface area contributed by atoms with Crippen LogP contribution in [0.5, 0.6) is 5.75 Å². The summed E-state index contributed by atoms with van der Waals surface area (Å²) < 4.78 is 18.6. The average Bonchev–Trinajstić information content (AvgIpc) is 2.42. The fourth-order valence-corrected chi connectivity index (χ4v) is 2.04. The molecule has 0 heterocycles. The van der Waals surface area contributed by atoms with Crippen molar-refractivity contribution in [3.8, 4) is 5.75 Å². The second-order valence-corrected chi connectivity index (χ2v) is 4.99. The van der Waals surface area contributed by atoms with Gasteiger partial charge in [-0.15, -0.1) is 0 Å². The van der Waals surface area contributed by atoms with Crippen molar-refractivity contribution in [3.63, 3.8) is 0 Å². The highest BCUT2D eigenvalue weighted by molar-refractivity contribution is 6.31. The van der Waals surface area contributed by atoms with Gasteiger partial charge in [0.15, 0.2) is 5.78 Å². The smallest absolute Gasteiger partial charge is 0.174 e. The summed E-state index contributed by atoms with van der Waals surface area (Å²) in [5.74, 6) is -0.221. The maximum atomic E-state index is 13.2. The molecule has 2 aromatic carbocycles. The van der Waals surface area contributed by atoms with E-state index in [-0.39, 0.29) is 23.8 Å². The Balaban J connectivity index is 1.94. The van der Waals surface area contributed by atoms with Crippen LogP contribution in [0.15, 0.2) is 42.5 Å². The van der Waals surface area contributed by atoms with Crippen LogP contribution in [0, 0.1) is 5.82 Å². The number of hydrogen-bond acceptors (Lipinski definition) is 2. The lowest BCUT2D eigenvalue weighted by molar-refractivity contribution is -0.120. The number of ether oxygens (including phenoxy) is 1. The topological polar surface area (TPSA) is 26.3 Å². The lowest BCUT2D eigenvalue weighted by Gasteiger charge is -2.07. The zero-order chi connectivity index (χ0) is 14.5. The molecule has 0 aliphatic rings. The van der Waals surface area contributed by atoms with Gasteiger partial charge >= 0.3 is 0 Å². The Morgan fingerprint density at radius 2 is 1.90 bits per heavy atom. The molecule has 2 rings (SSSR count). The second kappa shape index (κ2) is 6.73. The van der Waals surface area contributed by atoms with Crippen molar-refractivity contribution in [1.29, 1.82) is 0 Å². The SMILES string of the molecule is O=C(COc1cccc(Cl)c1)Cc1cccc(F)c1Cl. The van der Waals surface area contributed by atoms with Crippen molar-refractivity contribution >= 4 is 29.0 Å². The number of Topliss-reactive ketones (excluding diaryl/α,β-unsaturated/α-hetero) is 1. The molecule has 2 nitrogen and oxygen atoms in total. The van der Waals surface area contributed by atoms with E-state index in [1.165, 1.54) is 12.1 Å².